The Bertz CT molecular complexity index is 1110. The molecule has 28 heavy (non-hydrogen) atoms. The van der Waals surface area contributed by atoms with E-state index in [2.05, 4.69) is 10.3 Å². The molecule has 0 spiro atoms. The van der Waals surface area contributed by atoms with Crippen LogP contribution >= 0.6 is 0 Å². The molecule has 1 aromatic heterocycles. The number of hydrogen-bond acceptors (Lipinski definition) is 5. The van der Waals surface area contributed by atoms with E-state index in [1.54, 1.807) is 17.6 Å². The molecule has 0 aliphatic carbocycles. The molecule has 1 fully saturated rings. The van der Waals surface area contributed by atoms with Gasteiger partial charge in [0.2, 0.25) is 10.0 Å². The Morgan fingerprint density at radius 3 is 2.79 bits per heavy atom. The fourth-order valence-electron chi connectivity index (χ4n) is 3.84. The van der Waals surface area contributed by atoms with E-state index in [0.29, 0.717) is 36.5 Å². The first-order valence-electron chi connectivity index (χ1n) is 9.24. The fourth-order valence-corrected chi connectivity index (χ4v) is 5.82. The zero-order valence-corrected chi connectivity index (χ0v) is 16.7. The average molecular weight is 398 g/mol. The van der Waals surface area contributed by atoms with Gasteiger partial charge in [0.1, 0.15) is 10.6 Å². The van der Waals surface area contributed by atoms with E-state index in [-0.39, 0.29) is 10.9 Å². The van der Waals surface area contributed by atoms with Crippen molar-refractivity contribution in [2.24, 2.45) is 0 Å². The van der Waals surface area contributed by atoms with Crippen molar-refractivity contribution in [3.63, 3.8) is 0 Å². The van der Waals surface area contributed by atoms with Gasteiger partial charge in [-0.25, -0.2) is 8.42 Å². The largest absolute Gasteiger partial charge is 0.496 e. The number of sulfonamides is 1. The summed E-state index contributed by atoms with van der Waals surface area (Å²) in [5, 5.41) is 4.13. The number of rotatable bonds is 4. The van der Waals surface area contributed by atoms with Crippen LogP contribution in [0.5, 0.6) is 5.75 Å². The second-order valence-corrected chi connectivity index (χ2v) is 8.69. The molecule has 3 aromatic rings. The highest BCUT2D eigenvalue weighted by Gasteiger charge is 2.37. The number of methoxy groups -OCH3 is 1. The maximum absolute atomic E-state index is 13.8. The quantitative estimate of drug-likeness (QED) is 0.733. The summed E-state index contributed by atoms with van der Waals surface area (Å²) in [5.74, 6) is 0.684. The van der Waals surface area contributed by atoms with Gasteiger partial charge in [0, 0.05) is 36.8 Å². The molecule has 1 atom stereocenters. The van der Waals surface area contributed by atoms with E-state index in [1.165, 1.54) is 0 Å². The molecule has 6 nitrogen and oxygen atoms in total. The first kappa shape index (κ1) is 18.9. The molecule has 1 unspecified atom stereocenters. The van der Waals surface area contributed by atoms with Crippen LogP contribution in [0.3, 0.4) is 0 Å². The smallest absolute Gasteiger partial charge is 0.246 e. The van der Waals surface area contributed by atoms with E-state index in [4.69, 9.17) is 4.74 Å². The van der Waals surface area contributed by atoms with Crippen LogP contribution < -0.4 is 10.1 Å². The molecule has 4 rings (SSSR count). The number of ether oxygens (including phenoxy) is 1. The molecule has 1 aliphatic rings. The van der Waals surface area contributed by atoms with E-state index in [1.807, 2.05) is 55.5 Å². The Labute approximate surface area is 165 Å². The topological polar surface area (TPSA) is 71.5 Å². The number of hydrogen-bond donors (Lipinski definition) is 1. The lowest BCUT2D eigenvalue weighted by Gasteiger charge is -2.36. The Hall–Kier alpha value is -2.48. The van der Waals surface area contributed by atoms with Gasteiger partial charge in [-0.15, -0.1) is 0 Å². The first-order valence-corrected chi connectivity index (χ1v) is 10.7. The molecule has 2 heterocycles. The summed E-state index contributed by atoms with van der Waals surface area (Å²) in [5.41, 5.74) is 2.06. The second-order valence-electron chi connectivity index (χ2n) is 6.86. The van der Waals surface area contributed by atoms with Gasteiger partial charge in [-0.3, -0.25) is 4.98 Å². The van der Waals surface area contributed by atoms with Crippen molar-refractivity contribution < 1.29 is 13.2 Å². The van der Waals surface area contributed by atoms with Gasteiger partial charge in [0.25, 0.3) is 0 Å². The first-order chi connectivity index (χ1) is 13.5. The molecule has 1 N–H and O–H groups in total. The SMILES string of the molecule is COc1ccccc1C1CNCCN1S(=O)(=O)c1c(C)ccc2cccnc12. The van der Waals surface area contributed by atoms with Gasteiger partial charge >= 0.3 is 0 Å². The molecule has 7 heteroatoms. The van der Waals surface area contributed by atoms with Crippen molar-refractivity contribution in [2.75, 3.05) is 26.7 Å². The van der Waals surface area contributed by atoms with Gasteiger partial charge in [0.05, 0.1) is 18.7 Å². The van der Waals surface area contributed by atoms with Crippen LogP contribution in [0.4, 0.5) is 0 Å². The van der Waals surface area contributed by atoms with E-state index in [9.17, 15) is 8.42 Å². The normalized spacial score (nSPS) is 18.3. The summed E-state index contributed by atoms with van der Waals surface area (Å²) in [7, 11) is -2.16. The number of para-hydroxylation sites is 1. The fraction of sp³-hybridized carbons (Fsp3) is 0.286. The van der Waals surface area contributed by atoms with Gasteiger partial charge in [0.15, 0.2) is 0 Å². The van der Waals surface area contributed by atoms with Crippen molar-refractivity contribution in [1.29, 1.82) is 0 Å². The third-order valence-corrected chi connectivity index (χ3v) is 7.27. The van der Waals surface area contributed by atoms with Crippen LogP contribution in [-0.4, -0.2) is 44.5 Å². The van der Waals surface area contributed by atoms with Crippen LogP contribution in [0.2, 0.25) is 0 Å². The van der Waals surface area contributed by atoms with Crippen molar-refractivity contribution in [2.45, 2.75) is 17.9 Å². The van der Waals surface area contributed by atoms with E-state index in [0.717, 1.165) is 10.9 Å². The summed E-state index contributed by atoms with van der Waals surface area (Å²) in [6.45, 7) is 3.33. The zero-order chi connectivity index (χ0) is 19.7. The number of aryl methyl sites for hydroxylation is 1. The van der Waals surface area contributed by atoms with Gasteiger partial charge in [-0.1, -0.05) is 36.4 Å². The third kappa shape index (κ3) is 3.15. The number of aromatic nitrogens is 1. The molecule has 1 saturated heterocycles. The van der Waals surface area contributed by atoms with Gasteiger partial charge in [-0.05, 0) is 24.6 Å². The minimum Gasteiger partial charge on any atom is -0.496 e. The predicted molar refractivity (Wildman–Crippen MR) is 109 cm³/mol. The lowest BCUT2D eigenvalue weighted by molar-refractivity contribution is 0.264. The predicted octanol–water partition coefficient (Wildman–Crippen LogP) is 2.89. The lowest BCUT2D eigenvalue weighted by atomic mass is 10.0. The monoisotopic (exact) mass is 397 g/mol. The molecule has 0 radical (unpaired) electrons. The molecule has 1 aliphatic heterocycles. The van der Waals surface area contributed by atoms with Crippen molar-refractivity contribution in [3.05, 3.63) is 65.9 Å². The Morgan fingerprint density at radius 2 is 1.96 bits per heavy atom. The van der Waals surface area contributed by atoms with Crippen molar-refractivity contribution in [1.82, 2.24) is 14.6 Å². The highest BCUT2D eigenvalue weighted by Crippen LogP contribution is 2.36. The lowest BCUT2D eigenvalue weighted by Crippen LogP contribution is -2.48. The summed E-state index contributed by atoms with van der Waals surface area (Å²) in [6, 6.07) is 14.7. The molecule has 0 bridgehead atoms. The van der Waals surface area contributed by atoms with Crippen LogP contribution in [0.1, 0.15) is 17.2 Å². The van der Waals surface area contributed by atoms with Crippen LogP contribution in [0.25, 0.3) is 10.9 Å². The number of piperazine rings is 1. The number of nitrogens with zero attached hydrogens (tertiary/aromatic N) is 2. The summed E-state index contributed by atoms with van der Waals surface area (Å²) in [4.78, 5) is 4.67. The number of fused-ring (bicyclic) bond motifs is 1. The van der Waals surface area contributed by atoms with Crippen LogP contribution in [0.15, 0.2) is 59.6 Å². The van der Waals surface area contributed by atoms with Crippen molar-refractivity contribution in [3.8, 4) is 5.75 Å². The standard InChI is InChI=1S/C21H23N3O3S/c1-15-9-10-16-6-5-11-23-20(16)21(15)28(25,26)24-13-12-22-14-18(24)17-7-3-4-8-19(17)27-2/h3-11,18,22H,12-14H2,1-2H3. The van der Waals surface area contributed by atoms with Crippen molar-refractivity contribution >= 4 is 20.9 Å². The Morgan fingerprint density at radius 1 is 1.14 bits per heavy atom. The van der Waals surface area contributed by atoms with Crippen LogP contribution in [-0.2, 0) is 10.0 Å². The van der Waals surface area contributed by atoms with Gasteiger partial charge in [-0.2, -0.15) is 4.31 Å². The summed E-state index contributed by atoms with van der Waals surface area (Å²) in [6.07, 6.45) is 1.64. The van der Waals surface area contributed by atoms with E-state index >= 15 is 0 Å². The maximum Gasteiger partial charge on any atom is 0.246 e. The second kappa shape index (κ2) is 7.50. The third-order valence-electron chi connectivity index (χ3n) is 5.18. The van der Waals surface area contributed by atoms with Crippen LogP contribution in [0, 0.1) is 6.92 Å². The minimum atomic E-state index is -3.77. The summed E-state index contributed by atoms with van der Waals surface area (Å²) < 4.78 is 34.7. The molecule has 0 saturated carbocycles. The van der Waals surface area contributed by atoms with Gasteiger partial charge < -0.3 is 10.1 Å². The molecule has 0 amide bonds. The molecular formula is C21H23N3O3S. The minimum absolute atomic E-state index is 0.285. The highest BCUT2D eigenvalue weighted by atomic mass is 32.2. The summed E-state index contributed by atoms with van der Waals surface area (Å²) >= 11 is 0. The number of benzene rings is 2. The Balaban J connectivity index is 1.88. The highest BCUT2D eigenvalue weighted by molar-refractivity contribution is 7.89. The maximum atomic E-state index is 13.8. The average Bonchev–Trinajstić information content (AvgIpc) is 2.73. The molecular weight excluding hydrogens is 374 g/mol. The van der Waals surface area contributed by atoms with E-state index < -0.39 is 10.0 Å². The zero-order valence-electron chi connectivity index (χ0n) is 15.9. The molecule has 146 valence electrons. The molecule has 2 aromatic carbocycles. The number of pyridine rings is 1. The Kier molecular flexibility index (Phi) is 5.05. The number of nitrogens with one attached hydrogen (secondary N) is 1.